The molecule has 1 aromatic rings. The number of nitrogens with one attached hydrogen (secondary N) is 2. The topological polar surface area (TPSA) is 48.9 Å². The van der Waals surface area contributed by atoms with Crippen molar-refractivity contribution < 1.29 is 4.74 Å². The Morgan fingerprint density at radius 3 is 2.50 bits per heavy atom. The lowest BCUT2D eigenvalue weighted by molar-refractivity contribution is 0.150. The molecule has 5 nitrogen and oxygen atoms in total. The standard InChI is InChI=1S/C22H36N4O.HI/c1-4-27-21-10-9-18(15-17(21)2)16-24-22(23-3)25-19-11-13-26(14-12-19)20-7-5-6-8-20;/h9-10,15,19-20H,4-8,11-14,16H2,1-3H3,(H2,23,24,25);1H. The quantitative estimate of drug-likeness (QED) is 0.351. The molecular formula is C22H37IN4O. The first-order valence-corrected chi connectivity index (χ1v) is 10.6. The van der Waals surface area contributed by atoms with Crippen molar-refractivity contribution in [2.75, 3.05) is 26.7 Å². The second-order valence-corrected chi connectivity index (χ2v) is 7.85. The number of rotatable bonds is 6. The number of piperidine rings is 1. The molecule has 2 N–H and O–H groups in total. The number of aryl methyl sites for hydroxylation is 1. The number of guanidine groups is 1. The second-order valence-electron chi connectivity index (χ2n) is 7.85. The average molecular weight is 500 g/mol. The Balaban J connectivity index is 0.00000280. The molecule has 1 aliphatic carbocycles. The summed E-state index contributed by atoms with van der Waals surface area (Å²) in [6.45, 7) is 8.03. The summed E-state index contributed by atoms with van der Waals surface area (Å²) < 4.78 is 5.62. The fraction of sp³-hybridized carbons (Fsp3) is 0.682. The van der Waals surface area contributed by atoms with E-state index in [1.54, 1.807) is 0 Å². The molecule has 2 fully saturated rings. The molecule has 2 aliphatic rings. The molecule has 0 bridgehead atoms. The van der Waals surface area contributed by atoms with Crippen LogP contribution in [0.4, 0.5) is 0 Å². The van der Waals surface area contributed by atoms with Gasteiger partial charge < -0.3 is 20.3 Å². The summed E-state index contributed by atoms with van der Waals surface area (Å²) in [7, 11) is 1.85. The minimum Gasteiger partial charge on any atom is -0.494 e. The van der Waals surface area contributed by atoms with E-state index in [4.69, 9.17) is 4.74 Å². The van der Waals surface area contributed by atoms with Gasteiger partial charge in [-0.1, -0.05) is 25.0 Å². The van der Waals surface area contributed by atoms with Crippen molar-refractivity contribution in [3.8, 4) is 5.75 Å². The van der Waals surface area contributed by atoms with E-state index in [-0.39, 0.29) is 24.0 Å². The fourth-order valence-corrected chi connectivity index (χ4v) is 4.39. The Kier molecular flexibility index (Phi) is 9.85. The lowest BCUT2D eigenvalue weighted by Gasteiger charge is -2.36. The van der Waals surface area contributed by atoms with E-state index in [1.807, 2.05) is 14.0 Å². The van der Waals surface area contributed by atoms with Gasteiger partial charge in [-0.3, -0.25) is 4.99 Å². The molecule has 0 radical (unpaired) electrons. The smallest absolute Gasteiger partial charge is 0.191 e. The van der Waals surface area contributed by atoms with Gasteiger partial charge in [0.05, 0.1) is 6.61 Å². The van der Waals surface area contributed by atoms with Gasteiger partial charge in [-0.2, -0.15) is 0 Å². The molecular weight excluding hydrogens is 463 g/mol. The average Bonchev–Trinajstić information content (AvgIpc) is 3.22. The summed E-state index contributed by atoms with van der Waals surface area (Å²) in [5.41, 5.74) is 2.42. The monoisotopic (exact) mass is 500 g/mol. The summed E-state index contributed by atoms with van der Waals surface area (Å²) in [5, 5.41) is 7.08. The maximum atomic E-state index is 5.62. The number of likely N-dealkylation sites (tertiary alicyclic amines) is 1. The van der Waals surface area contributed by atoms with E-state index >= 15 is 0 Å². The molecule has 1 aliphatic heterocycles. The minimum atomic E-state index is 0. The third kappa shape index (κ3) is 6.51. The van der Waals surface area contributed by atoms with Gasteiger partial charge in [-0.15, -0.1) is 24.0 Å². The Bertz CT molecular complexity index is 623. The fourth-order valence-electron chi connectivity index (χ4n) is 4.39. The lowest BCUT2D eigenvalue weighted by atomic mass is 10.0. The highest BCUT2D eigenvalue weighted by atomic mass is 127. The number of benzene rings is 1. The highest BCUT2D eigenvalue weighted by molar-refractivity contribution is 14.0. The summed E-state index contributed by atoms with van der Waals surface area (Å²) in [6, 6.07) is 7.75. The van der Waals surface area contributed by atoms with Gasteiger partial charge in [0, 0.05) is 38.8 Å². The number of hydrogen-bond donors (Lipinski definition) is 2. The van der Waals surface area contributed by atoms with Crippen LogP contribution >= 0.6 is 24.0 Å². The van der Waals surface area contributed by atoms with Gasteiger partial charge in [0.15, 0.2) is 5.96 Å². The Morgan fingerprint density at radius 1 is 1.18 bits per heavy atom. The predicted octanol–water partition coefficient (Wildman–Crippen LogP) is 4.08. The van der Waals surface area contributed by atoms with Gasteiger partial charge in [0.2, 0.25) is 0 Å². The van der Waals surface area contributed by atoms with Gasteiger partial charge in [-0.25, -0.2) is 0 Å². The maximum Gasteiger partial charge on any atom is 0.191 e. The number of nitrogens with zero attached hydrogens (tertiary/aromatic N) is 2. The number of hydrogen-bond acceptors (Lipinski definition) is 3. The van der Waals surface area contributed by atoms with E-state index in [9.17, 15) is 0 Å². The van der Waals surface area contributed by atoms with Crippen LogP contribution < -0.4 is 15.4 Å². The van der Waals surface area contributed by atoms with Crippen LogP contribution in [0.15, 0.2) is 23.2 Å². The van der Waals surface area contributed by atoms with Gasteiger partial charge in [-0.05, 0) is 56.7 Å². The van der Waals surface area contributed by atoms with Crippen LogP contribution in [0.1, 0.15) is 56.6 Å². The van der Waals surface area contributed by atoms with Crippen LogP contribution in [-0.2, 0) is 6.54 Å². The molecule has 158 valence electrons. The van der Waals surface area contributed by atoms with Gasteiger partial charge in [0.25, 0.3) is 0 Å². The van der Waals surface area contributed by atoms with E-state index in [2.05, 4.69) is 45.6 Å². The zero-order chi connectivity index (χ0) is 19.1. The first kappa shape index (κ1) is 23.3. The molecule has 6 heteroatoms. The molecule has 1 saturated carbocycles. The van der Waals surface area contributed by atoms with Crippen molar-refractivity contribution in [1.82, 2.24) is 15.5 Å². The van der Waals surface area contributed by atoms with Crippen LogP contribution in [-0.4, -0.2) is 49.7 Å². The molecule has 0 atom stereocenters. The number of ether oxygens (including phenoxy) is 1. The normalized spacial score (nSPS) is 19.3. The van der Waals surface area contributed by atoms with Gasteiger partial charge >= 0.3 is 0 Å². The van der Waals surface area contributed by atoms with Crippen molar-refractivity contribution in [3.63, 3.8) is 0 Å². The largest absolute Gasteiger partial charge is 0.494 e. The predicted molar refractivity (Wildman–Crippen MR) is 128 cm³/mol. The third-order valence-corrected chi connectivity index (χ3v) is 5.93. The second kappa shape index (κ2) is 11.9. The molecule has 1 aromatic carbocycles. The summed E-state index contributed by atoms with van der Waals surface area (Å²) in [5.74, 6) is 1.87. The maximum absolute atomic E-state index is 5.62. The molecule has 0 aromatic heterocycles. The third-order valence-electron chi connectivity index (χ3n) is 5.93. The summed E-state index contributed by atoms with van der Waals surface area (Å²) in [4.78, 5) is 7.13. The SMILES string of the molecule is CCOc1ccc(CNC(=NC)NC2CCN(C3CCCC3)CC2)cc1C.I. The summed E-state index contributed by atoms with van der Waals surface area (Å²) in [6.07, 6.45) is 8.07. The van der Waals surface area contributed by atoms with E-state index in [0.29, 0.717) is 12.6 Å². The lowest BCUT2D eigenvalue weighted by Crippen LogP contribution is -2.50. The van der Waals surface area contributed by atoms with E-state index < -0.39 is 0 Å². The summed E-state index contributed by atoms with van der Waals surface area (Å²) >= 11 is 0. The van der Waals surface area contributed by atoms with Crippen LogP contribution in [0.5, 0.6) is 5.75 Å². The molecule has 0 unspecified atom stereocenters. The zero-order valence-electron chi connectivity index (χ0n) is 17.7. The Morgan fingerprint density at radius 2 is 1.89 bits per heavy atom. The van der Waals surface area contributed by atoms with Crippen LogP contribution in [0.25, 0.3) is 0 Å². The Hall–Kier alpha value is -1.02. The van der Waals surface area contributed by atoms with Crippen LogP contribution in [0.2, 0.25) is 0 Å². The van der Waals surface area contributed by atoms with Crippen molar-refractivity contribution in [2.45, 2.75) is 71.0 Å². The van der Waals surface area contributed by atoms with Crippen LogP contribution in [0.3, 0.4) is 0 Å². The first-order valence-electron chi connectivity index (χ1n) is 10.6. The number of aliphatic imine (C=N–C) groups is 1. The van der Waals surface area contributed by atoms with Crippen molar-refractivity contribution in [1.29, 1.82) is 0 Å². The van der Waals surface area contributed by atoms with Crippen molar-refractivity contribution in [3.05, 3.63) is 29.3 Å². The first-order chi connectivity index (χ1) is 13.2. The molecule has 28 heavy (non-hydrogen) atoms. The molecule has 0 spiro atoms. The number of halogens is 1. The van der Waals surface area contributed by atoms with E-state index in [0.717, 1.165) is 24.3 Å². The molecule has 3 rings (SSSR count). The minimum absolute atomic E-state index is 0. The molecule has 1 heterocycles. The van der Waals surface area contributed by atoms with Crippen LogP contribution in [0, 0.1) is 6.92 Å². The highest BCUT2D eigenvalue weighted by Crippen LogP contribution is 2.26. The van der Waals surface area contributed by atoms with E-state index in [1.165, 1.54) is 62.7 Å². The van der Waals surface area contributed by atoms with Crippen molar-refractivity contribution in [2.24, 2.45) is 4.99 Å². The molecule has 0 amide bonds. The Labute approximate surface area is 187 Å². The zero-order valence-corrected chi connectivity index (χ0v) is 20.0. The molecule has 1 saturated heterocycles. The highest BCUT2D eigenvalue weighted by Gasteiger charge is 2.27. The van der Waals surface area contributed by atoms with Crippen molar-refractivity contribution >= 4 is 29.9 Å². The van der Waals surface area contributed by atoms with Gasteiger partial charge in [0.1, 0.15) is 5.75 Å².